The largest absolute Gasteiger partial charge is 0.337 e. The van der Waals surface area contributed by atoms with Crippen LogP contribution in [0.15, 0.2) is 28.9 Å². The normalized spacial score (nSPS) is 11.1. The second-order valence-electron chi connectivity index (χ2n) is 4.39. The summed E-state index contributed by atoms with van der Waals surface area (Å²) in [4.78, 5) is 3.13. The smallest absolute Gasteiger partial charge is 0.182 e. The quantitative estimate of drug-likeness (QED) is 0.795. The predicted molar refractivity (Wildman–Crippen MR) is 77.5 cm³/mol. The predicted octanol–water partition coefficient (Wildman–Crippen LogP) is 4.73. The van der Waals surface area contributed by atoms with Gasteiger partial charge in [0.25, 0.3) is 0 Å². The molecule has 0 amide bonds. The molecule has 0 saturated carbocycles. The molecule has 1 heterocycles. The molecule has 2 rings (SSSR count). The second kappa shape index (κ2) is 4.78. The Labute approximate surface area is 115 Å². The highest BCUT2D eigenvalue weighted by Gasteiger charge is 2.12. The molecule has 0 unspecified atom stereocenters. The van der Waals surface area contributed by atoms with Crippen LogP contribution in [0, 0.1) is 11.7 Å². The number of H-pyrrole nitrogens is 1. The van der Waals surface area contributed by atoms with Crippen molar-refractivity contribution in [1.82, 2.24) is 9.55 Å². The van der Waals surface area contributed by atoms with Crippen molar-refractivity contribution < 1.29 is 0 Å². The SMILES string of the molecule is Cc1c(Br)cccc1-n1c(C(C)C)c[nH]c1=S. The Morgan fingerprint density at radius 2 is 2.06 bits per heavy atom. The number of nitrogens with one attached hydrogen (secondary N) is 1. The molecule has 4 heteroatoms. The van der Waals surface area contributed by atoms with Gasteiger partial charge in [-0.25, -0.2) is 0 Å². The molecular formula is C13H15BrN2S. The molecule has 17 heavy (non-hydrogen) atoms. The fourth-order valence-electron chi connectivity index (χ4n) is 1.89. The van der Waals surface area contributed by atoms with E-state index in [1.807, 2.05) is 18.3 Å². The molecule has 90 valence electrons. The zero-order valence-corrected chi connectivity index (χ0v) is 12.5. The van der Waals surface area contributed by atoms with Gasteiger partial charge in [-0.05, 0) is 42.8 Å². The third-order valence-electron chi connectivity index (χ3n) is 2.88. The molecule has 0 bridgehead atoms. The number of nitrogens with zero attached hydrogens (tertiary/aromatic N) is 1. The van der Waals surface area contributed by atoms with Gasteiger partial charge < -0.3 is 4.98 Å². The van der Waals surface area contributed by atoms with Crippen molar-refractivity contribution in [3.63, 3.8) is 0 Å². The summed E-state index contributed by atoms with van der Waals surface area (Å²) >= 11 is 8.93. The summed E-state index contributed by atoms with van der Waals surface area (Å²) in [6, 6.07) is 6.17. The molecule has 2 nitrogen and oxygen atoms in total. The molecule has 1 aromatic heterocycles. The van der Waals surface area contributed by atoms with Gasteiger partial charge in [0.05, 0.1) is 5.69 Å². The lowest BCUT2D eigenvalue weighted by atomic mass is 10.1. The van der Waals surface area contributed by atoms with E-state index >= 15 is 0 Å². The molecule has 0 radical (unpaired) electrons. The molecule has 0 saturated heterocycles. The van der Waals surface area contributed by atoms with E-state index < -0.39 is 0 Å². The Morgan fingerprint density at radius 1 is 1.35 bits per heavy atom. The summed E-state index contributed by atoms with van der Waals surface area (Å²) < 4.78 is 3.96. The molecule has 0 aliphatic rings. The van der Waals surface area contributed by atoms with Gasteiger partial charge >= 0.3 is 0 Å². The average molecular weight is 311 g/mol. The lowest BCUT2D eigenvalue weighted by Crippen LogP contribution is -2.04. The Kier molecular flexibility index (Phi) is 3.54. The van der Waals surface area contributed by atoms with E-state index in [0.29, 0.717) is 5.92 Å². The molecule has 0 fully saturated rings. The second-order valence-corrected chi connectivity index (χ2v) is 5.63. The molecule has 1 aromatic carbocycles. The molecule has 1 N–H and O–H groups in total. The monoisotopic (exact) mass is 310 g/mol. The van der Waals surface area contributed by atoms with Gasteiger partial charge in [-0.3, -0.25) is 4.57 Å². The van der Waals surface area contributed by atoms with Crippen molar-refractivity contribution >= 4 is 28.1 Å². The van der Waals surface area contributed by atoms with E-state index in [0.717, 1.165) is 14.9 Å². The van der Waals surface area contributed by atoms with Crippen LogP contribution >= 0.6 is 28.1 Å². The number of imidazole rings is 1. The van der Waals surface area contributed by atoms with Crippen LogP contribution in [0.5, 0.6) is 0 Å². The van der Waals surface area contributed by atoms with Gasteiger partial charge in [-0.15, -0.1) is 0 Å². The first-order chi connectivity index (χ1) is 8.02. The molecule has 2 aromatic rings. The van der Waals surface area contributed by atoms with Crippen LogP contribution in [0.2, 0.25) is 0 Å². The number of hydrogen-bond acceptors (Lipinski definition) is 1. The van der Waals surface area contributed by atoms with Crippen molar-refractivity contribution in [2.75, 3.05) is 0 Å². The number of benzene rings is 1. The van der Waals surface area contributed by atoms with Crippen molar-refractivity contribution in [2.45, 2.75) is 26.7 Å². The van der Waals surface area contributed by atoms with Crippen molar-refractivity contribution in [3.05, 3.63) is 44.9 Å². The van der Waals surface area contributed by atoms with Gasteiger partial charge in [0.1, 0.15) is 0 Å². The zero-order chi connectivity index (χ0) is 12.6. The summed E-state index contributed by atoms with van der Waals surface area (Å²) in [7, 11) is 0. The topological polar surface area (TPSA) is 20.7 Å². The number of halogens is 1. The number of hydrogen-bond donors (Lipinski definition) is 1. The first-order valence-electron chi connectivity index (χ1n) is 5.58. The zero-order valence-electron chi connectivity index (χ0n) is 10.1. The minimum Gasteiger partial charge on any atom is -0.337 e. The summed E-state index contributed by atoms with van der Waals surface area (Å²) in [5, 5.41) is 0. The van der Waals surface area contributed by atoms with E-state index in [4.69, 9.17) is 12.2 Å². The van der Waals surface area contributed by atoms with Crippen LogP contribution in [0.25, 0.3) is 5.69 Å². The van der Waals surface area contributed by atoms with Gasteiger partial charge in [-0.1, -0.05) is 35.8 Å². The van der Waals surface area contributed by atoms with Crippen LogP contribution in [-0.2, 0) is 0 Å². The molecule has 0 spiro atoms. The fraction of sp³-hybridized carbons (Fsp3) is 0.308. The minimum atomic E-state index is 0.432. The molecule has 0 aliphatic heterocycles. The Balaban J connectivity index is 2.72. The Hall–Kier alpha value is -0.870. The number of aromatic amines is 1. The highest BCUT2D eigenvalue weighted by molar-refractivity contribution is 9.10. The average Bonchev–Trinajstić information content (AvgIpc) is 2.65. The van der Waals surface area contributed by atoms with Crippen LogP contribution < -0.4 is 0 Å². The first-order valence-corrected chi connectivity index (χ1v) is 6.78. The molecular weight excluding hydrogens is 296 g/mol. The van der Waals surface area contributed by atoms with E-state index in [1.165, 1.54) is 11.3 Å². The third kappa shape index (κ3) is 2.24. The van der Waals surface area contributed by atoms with Crippen LogP contribution in [0.1, 0.15) is 31.0 Å². The van der Waals surface area contributed by atoms with E-state index in [2.05, 4.69) is 52.3 Å². The van der Waals surface area contributed by atoms with E-state index in [1.54, 1.807) is 0 Å². The van der Waals surface area contributed by atoms with E-state index in [9.17, 15) is 0 Å². The fourth-order valence-corrected chi connectivity index (χ4v) is 2.51. The lowest BCUT2D eigenvalue weighted by molar-refractivity contribution is 0.781. The molecule has 0 atom stereocenters. The van der Waals surface area contributed by atoms with Gasteiger partial charge in [0.2, 0.25) is 0 Å². The summed E-state index contributed by atoms with van der Waals surface area (Å²) in [5.74, 6) is 0.432. The standard InChI is InChI=1S/C13H15BrN2S/c1-8(2)12-7-15-13(17)16(12)11-6-4-5-10(14)9(11)3/h4-8H,1-3H3,(H,15,17). The van der Waals surface area contributed by atoms with Gasteiger partial charge in [0.15, 0.2) is 4.77 Å². The first kappa shape index (κ1) is 12.6. The summed E-state index contributed by atoms with van der Waals surface area (Å²) in [6.45, 7) is 6.43. The maximum Gasteiger partial charge on any atom is 0.182 e. The maximum atomic E-state index is 5.37. The van der Waals surface area contributed by atoms with Crippen LogP contribution in [-0.4, -0.2) is 9.55 Å². The highest BCUT2D eigenvalue weighted by atomic mass is 79.9. The lowest BCUT2D eigenvalue weighted by Gasteiger charge is -2.14. The minimum absolute atomic E-state index is 0.432. The van der Waals surface area contributed by atoms with Gasteiger partial charge in [-0.2, -0.15) is 0 Å². The number of rotatable bonds is 2. The van der Waals surface area contributed by atoms with E-state index in [-0.39, 0.29) is 0 Å². The summed E-state index contributed by atoms with van der Waals surface area (Å²) in [5.41, 5.74) is 3.54. The molecule has 0 aliphatic carbocycles. The van der Waals surface area contributed by atoms with Gasteiger partial charge in [0, 0.05) is 16.4 Å². The Bertz CT molecular complexity index is 596. The van der Waals surface area contributed by atoms with Crippen molar-refractivity contribution in [2.24, 2.45) is 0 Å². The summed E-state index contributed by atoms with van der Waals surface area (Å²) in [6.07, 6.45) is 1.99. The Morgan fingerprint density at radius 3 is 2.71 bits per heavy atom. The highest BCUT2D eigenvalue weighted by Crippen LogP contribution is 2.26. The maximum absolute atomic E-state index is 5.37. The third-order valence-corrected chi connectivity index (χ3v) is 4.04. The van der Waals surface area contributed by atoms with Crippen molar-refractivity contribution in [1.29, 1.82) is 0 Å². The van der Waals surface area contributed by atoms with Crippen LogP contribution in [0.4, 0.5) is 0 Å². The van der Waals surface area contributed by atoms with Crippen molar-refractivity contribution in [3.8, 4) is 5.69 Å². The number of aromatic nitrogens is 2. The van der Waals surface area contributed by atoms with Crippen LogP contribution in [0.3, 0.4) is 0 Å².